The predicted molar refractivity (Wildman–Crippen MR) is 117 cm³/mol. The number of rotatable bonds is 10. The molecule has 2 aromatic carbocycles. The summed E-state index contributed by atoms with van der Waals surface area (Å²) < 4.78 is 35.1. The first-order chi connectivity index (χ1) is 13.8. The van der Waals surface area contributed by atoms with Crippen molar-refractivity contribution in [3.05, 3.63) is 46.4 Å². The van der Waals surface area contributed by atoms with Crippen molar-refractivity contribution in [2.24, 2.45) is 10.2 Å². The van der Waals surface area contributed by atoms with E-state index in [9.17, 15) is 12.3 Å². The van der Waals surface area contributed by atoms with Gasteiger partial charge in [-0.25, -0.2) is 0 Å². The summed E-state index contributed by atoms with van der Waals surface area (Å²) in [7, 11) is -4.90. The topological polar surface area (TPSA) is 62.1 Å². The van der Waals surface area contributed by atoms with Crippen LogP contribution in [0.4, 0.5) is 20.9 Å². The number of hydrogen-bond donors (Lipinski definition) is 0. The van der Waals surface area contributed by atoms with Crippen molar-refractivity contribution in [1.82, 2.24) is 0 Å². The minimum absolute atomic E-state index is 0.0809. The lowest BCUT2D eigenvalue weighted by molar-refractivity contribution is 0.552. The summed E-state index contributed by atoms with van der Waals surface area (Å²) in [5.74, 6) is 0. The number of benzene rings is 2. The van der Waals surface area contributed by atoms with Crippen LogP contribution in [0.15, 0.2) is 51.5 Å². The van der Waals surface area contributed by atoms with Crippen molar-refractivity contribution in [2.75, 3.05) is 18.0 Å². The third-order valence-electron chi connectivity index (χ3n) is 4.32. The van der Waals surface area contributed by atoms with Crippen LogP contribution >= 0.6 is 23.2 Å². The highest BCUT2D eigenvalue weighted by molar-refractivity contribution is 7.86. The first-order valence-electron chi connectivity index (χ1n) is 9.46. The van der Waals surface area contributed by atoms with Gasteiger partial charge in [0.1, 0.15) is 10.6 Å². The van der Waals surface area contributed by atoms with E-state index in [-0.39, 0.29) is 15.7 Å². The Bertz CT molecular complexity index is 920. The maximum atomic E-state index is 13.1. The quantitative estimate of drug-likeness (QED) is 0.273. The lowest BCUT2D eigenvalue weighted by atomic mass is 10.2. The fourth-order valence-electron chi connectivity index (χ4n) is 2.68. The highest BCUT2D eigenvalue weighted by atomic mass is 35.5. The van der Waals surface area contributed by atoms with Crippen LogP contribution in [0.5, 0.6) is 0 Å². The van der Waals surface area contributed by atoms with E-state index in [0.29, 0.717) is 5.69 Å². The Morgan fingerprint density at radius 1 is 0.931 bits per heavy atom. The van der Waals surface area contributed by atoms with Gasteiger partial charge < -0.3 is 4.90 Å². The number of unbranched alkanes of at least 4 members (excludes halogenated alkanes) is 2. The maximum Gasteiger partial charge on any atom is 0.332 e. The van der Waals surface area contributed by atoms with Gasteiger partial charge in [0.15, 0.2) is 0 Å². The van der Waals surface area contributed by atoms with E-state index in [2.05, 4.69) is 29.0 Å². The Morgan fingerprint density at radius 2 is 1.45 bits per heavy atom. The van der Waals surface area contributed by atoms with Gasteiger partial charge in [-0.05, 0) is 49.2 Å². The van der Waals surface area contributed by atoms with Gasteiger partial charge in [0.25, 0.3) is 0 Å². The van der Waals surface area contributed by atoms with Gasteiger partial charge in [-0.2, -0.15) is 13.5 Å². The van der Waals surface area contributed by atoms with Crippen LogP contribution < -0.4 is 4.90 Å². The normalized spacial score (nSPS) is 11.9. The van der Waals surface area contributed by atoms with Crippen molar-refractivity contribution < 1.29 is 12.3 Å². The largest absolute Gasteiger partial charge is 0.372 e. The predicted octanol–water partition coefficient (Wildman–Crippen LogP) is 7.47. The molecule has 0 unspecified atom stereocenters. The molecule has 0 aliphatic heterocycles. The highest BCUT2D eigenvalue weighted by Crippen LogP contribution is 2.37. The van der Waals surface area contributed by atoms with E-state index in [1.807, 2.05) is 24.3 Å². The molecule has 0 saturated carbocycles. The number of anilines is 1. The molecule has 0 saturated heterocycles. The van der Waals surface area contributed by atoms with Crippen molar-refractivity contribution in [1.29, 1.82) is 0 Å². The van der Waals surface area contributed by atoms with E-state index in [0.717, 1.165) is 56.6 Å². The average Bonchev–Trinajstić information content (AvgIpc) is 2.67. The second-order valence-electron chi connectivity index (χ2n) is 6.58. The van der Waals surface area contributed by atoms with Gasteiger partial charge in [-0.1, -0.05) is 49.9 Å². The van der Waals surface area contributed by atoms with Crippen LogP contribution in [0.25, 0.3) is 0 Å². The summed E-state index contributed by atoms with van der Waals surface area (Å²) in [5.41, 5.74) is 1.80. The molecule has 0 atom stereocenters. The Labute approximate surface area is 181 Å². The third kappa shape index (κ3) is 6.94. The second-order valence-corrected chi connectivity index (χ2v) is 8.75. The van der Waals surface area contributed by atoms with Gasteiger partial charge in [0.2, 0.25) is 0 Å². The van der Waals surface area contributed by atoms with E-state index >= 15 is 0 Å². The Balaban J connectivity index is 2.19. The number of halogens is 3. The fourth-order valence-corrected chi connectivity index (χ4v) is 3.89. The summed E-state index contributed by atoms with van der Waals surface area (Å²) >= 11 is 12.0. The van der Waals surface area contributed by atoms with E-state index in [4.69, 9.17) is 23.2 Å². The molecule has 0 aliphatic rings. The van der Waals surface area contributed by atoms with Crippen LogP contribution in [0.3, 0.4) is 0 Å². The van der Waals surface area contributed by atoms with Crippen LogP contribution in [0.2, 0.25) is 10.0 Å². The number of hydrogen-bond acceptors (Lipinski definition) is 5. The SMILES string of the molecule is CCCCN(CCCC)c1ccc(N=Nc2c(Cl)cc(S(=O)(=O)F)cc2Cl)cc1. The fraction of sp³-hybridized carbons (Fsp3) is 0.400. The first kappa shape index (κ1) is 23.6. The van der Waals surface area contributed by atoms with Crippen molar-refractivity contribution >= 4 is 50.5 Å². The third-order valence-corrected chi connectivity index (χ3v) is 5.69. The molecule has 0 aromatic heterocycles. The molecule has 0 N–H and O–H groups in total. The first-order valence-corrected chi connectivity index (χ1v) is 11.6. The molecule has 0 bridgehead atoms. The van der Waals surface area contributed by atoms with E-state index in [1.165, 1.54) is 0 Å². The molecular formula is C20H24Cl2FN3O2S. The maximum absolute atomic E-state index is 13.1. The summed E-state index contributed by atoms with van der Waals surface area (Å²) in [6, 6.07) is 9.57. The molecule has 0 fully saturated rings. The molecule has 0 amide bonds. The van der Waals surface area contributed by atoms with Gasteiger partial charge >= 0.3 is 10.2 Å². The highest BCUT2D eigenvalue weighted by Gasteiger charge is 2.17. The summed E-state index contributed by atoms with van der Waals surface area (Å²) in [5, 5.41) is 7.92. The lowest BCUT2D eigenvalue weighted by Gasteiger charge is -2.24. The van der Waals surface area contributed by atoms with E-state index < -0.39 is 15.1 Å². The minimum Gasteiger partial charge on any atom is -0.372 e. The molecule has 0 heterocycles. The lowest BCUT2D eigenvalue weighted by Crippen LogP contribution is -2.25. The molecule has 0 spiro atoms. The van der Waals surface area contributed by atoms with Crippen molar-refractivity contribution in [3.63, 3.8) is 0 Å². The zero-order valence-corrected chi connectivity index (χ0v) is 18.7. The molecule has 29 heavy (non-hydrogen) atoms. The molecule has 5 nitrogen and oxygen atoms in total. The average molecular weight is 460 g/mol. The number of nitrogens with zero attached hydrogens (tertiary/aromatic N) is 3. The van der Waals surface area contributed by atoms with E-state index in [1.54, 1.807) is 0 Å². The van der Waals surface area contributed by atoms with Gasteiger partial charge in [-0.15, -0.1) is 9.00 Å². The molecular weight excluding hydrogens is 436 g/mol. The molecule has 2 rings (SSSR count). The van der Waals surface area contributed by atoms with Gasteiger partial charge in [-0.3, -0.25) is 0 Å². The summed E-state index contributed by atoms with van der Waals surface area (Å²) in [4.78, 5) is 1.74. The van der Waals surface area contributed by atoms with Crippen molar-refractivity contribution in [2.45, 2.75) is 44.4 Å². The monoisotopic (exact) mass is 459 g/mol. The van der Waals surface area contributed by atoms with Crippen LogP contribution in [-0.4, -0.2) is 21.5 Å². The molecule has 9 heteroatoms. The minimum atomic E-state index is -4.90. The van der Waals surface area contributed by atoms with Crippen LogP contribution in [-0.2, 0) is 10.2 Å². The van der Waals surface area contributed by atoms with Gasteiger partial charge in [0, 0.05) is 18.8 Å². The zero-order chi connectivity index (χ0) is 21.4. The Kier molecular flexibility index (Phi) is 8.86. The standard InChI is InChI=1S/C20H24Cl2FN3O2S/c1-3-5-11-26(12-6-4-2)16-9-7-15(8-10-16)24-25-20-18(21)13-17(14-19(20)22)29(23,27)28/h7-10,13-14H,3-6,11-12H2,1-2H3. The van der Waals surface area contributed by atoms with Crippen molar-refractivity contribution in [3.8, 4) is 0 Å². The smallest absolute Gasteiger partial charge is 0.332 e. The van der Waals surface area contributed by atoms with Crippen LogP contribution in [0, 0.1) is 0 Å². The number of azo groups is 1. The molecule has 158 valence electrons. The molecule has 0 aliphatic carbocycles. The molecule has 2 aromatic rings. The Morgan fingerprint density at radius 3 is 1.90 bits per heavy atom. The van der Waals surface area contributed by atoms with Gasteiger partial charge in [0.05, 0.1) is 15.7 Å². The zero-order valence-electron chi connectivity index (χ0n) is 16.4. The second kappa shape index (κ2) is 10.9. The molecule has 0 radical (unpaired) electrons. The Hall–Kier alpha value is -1.70. The summed E-state index contributed by atoms with van der Waals surface area (Å²) in [6.07, 6.45) is 4.54. The summed E-state index contributed by atoms with van der Waals surface area (Å²) in [6.45, 7) is 6.36. The van der Waals surface area contributed by atoms with Crippen LogP contribution in [0.1, 0.15) is 39.5 Å².